The molecule has 1 amide bonds. The number of methoxy groups -OCH3 is 2. The number of carbonyl (C=O) groups excluding carboxylic acids is 2. The number of nitrogens with zero attached hydrogens (tertiary/aromatic N) is 2. The number of halogens is 1. The van der Waals surface area contributed by atoms with Crippen LogP contribution in [0.3, 0.4) is 0 Å². The van der Waals surface area contributed by atoms with E-state index in [9.17, 15) is 9.59 Å². The Bertz CT molecular complexity index is 925. The standard InChI is InChI=1S/C18H15ClN2O4S2/c1-24-15-6-5-11(8-13(15)19)21-17(23)14(9-12-4-3-7-26-12)20-18(21)27-10-16(22)25-2/h3-9H,10H2,1-2H3/b14-9-. The predicted octanol–water partition coefficient (Wildman–Crippen LogP) is 4.06. The van der Waals surface area contributed by atoms with Crippen molar-refractivity contribution in [3.8, 4) is 5.75 Å². The molecule has 0 radical (unpaired) electrons. The zero-order valence-corrected chi connectivity index (χ0v) is 16.9. The van der Waals surface area contributed by atoms with Gasteiger partial charge in [0.15, 0.2) is 5.17 Å². The molecule has 140 valence electrons. The lowest BCUT2D eigenvalue weighted by atomic mass is 10.2. The molecule has 6 nitrogen and oxygen atoms in total. The Kier molecular flexibility index (Phi) is 6.20. The van der Waals surface area contributed by atoms with Gasteiger partial charge in [-0.15, -0.1) is 11.3 Å². The number of anilines is 1. The Morgan fingerprint density at radius 1 is 1.37 bits per heavy atom. The van der Waals surface area contributed by atoms with Gasteiger partial charge in [0.1, 0.15) is 11.4 Å². The highest BCUT2D eigenvalue weighted by molar-refractivity contribution is 8.14. The maximum absolute atomic E-state index is 13.0. The zero-order chi connectivity index (χ0) is 19.4. The molecule has 2 aromatic rings. The van der Waals surface area contributed by atoms with Crippen LogP contribution in [-0.2, 0) is 14.3 Å². The van der Waals surface area contributed by atoms with E-state index in [1.54, 1.807) is 24.3 Å². The van der Waals surface area contributed by atoms with Crippen LogP contribution in [0, 0.1) is 0 Å². The number of carbonyl (C=O) groups is 2. The van der Waals surface area contributed by atoms with E-state index in [-0.39, 0.29) is 17.4 Å². The van der Waals surface area contributed by atoms with Crippen LogP contribution in [0.1, 0.15) is 4.88 Å². The monoisotopic (exact) mass is 422 g/mol. The summed E-state index contributed by atoms with van der Waals surface area (Å²) in [7, 11) is 2.83. The van der Waals surface area contributed by atoms with Crippen LogP contribution in [0.4, 0.5) is 5.69 Å². The fourth-order valence-electron chi connectivity index (χ4n) is 2.31. The van der Waals surface area contributed by atoms with Gasteiger partial charge in [-0.25, -0.2) is 4.99 Å². The van der Waals surface area contributed by atoms with Crippen molar-refractivity contribution in [3.05, 3.63) is 51.3 Å². The minimum absolute atomic E-state index is 0.0370. The summed E-state index contributed by atoms with van der Waals surface area (Å²) >= 11 is 8.84. The van der Waals surface area contributed by atoms with Crippen molar-refractivity contribution in [2.24, 2.45) is 4.99 Å². The summed E-state index contributed by atoms with van der Waals surface area (Å²) in [6, 6.07) is 8.81. The summed E-state index contributed by atoms with van der Waals surface area (Å²) in [5, 5.41) is 2.67. The Balaban J connectivity index is 1.96. The van der Waals surface area contributed by atoms with Crippen LogP contribution in [0.25, 0.3) is 6.08 Å². The summed E-state index contributed by atoms with van der Waals surface area (Å²) < 4.78 is 9.83. The molecule has 0 spiro atoms. The van der Waals surface area contributed by atoms with Crippen molar-refractivity contribution >= 4 is 63.5 Å². The van der Waals surface area contributed by atoms with E-state index in [0.717, 1.165) is 16.6 Å². The quantitative estimate of drug-likeness (QED) is 0.537. The Morgan fingerprint density at radius 3 is 2.81 bits per heavy atom. The second kappa shape index (κ2) is 8.60. The van der Waals surface area contributed by atoms with Gasteiger partial charge in [0.2, 0.25) is 0 Å². The highest BCUT2D eigenvalue weighted by Gasteiger charge is 2.33. The number of esters is 1. The van der Waals surface area contributed by atoms with Crippen molar-refractivity contribution in [3.63, 3.8) is 0 Å². The second-order valence-corrected chi connectivity index (χ2v) is 7.59. The number of thioether (sulfide) groups is 1. The number of benzene rings is 1. The fourth-order valence-corrected chi connectivity index (χ4v) is 4.05. The number of aliphatic imine (C=N–C) groups is 1. The summed E-state index contributed by atoms with van der Waals surface area (Å²) in [5.74, 6) is -0.160. The smallest absolute Gasteiger partial charge is 0.316 e. The summed E-state index contributed by atoms with van der Waals surface area (Å²) in [5.41, 5.74) is 0.827. The Labute approximate surface area is 169 Å². The van der Waals surface area contributed by atoms with E-state index in [0.29, 0.717) is 21.6 Å². The highest BCUT2D eigenvalue weighted by Crippen LogP contribution is 2.34. The number of hydrogen-bond acceptors (Lipinski definition) is 7. The molecule has 0 bridgehead atoms. The molecule has 0 atom stereocenters. The van der Waals surface area contributed by atoms with Crippen LogP contribution >= 0.6 is 34.7 Å². The van der Waals surface area contributed by atoms with E-state index >= 15 is 0 Å². The molecule has 0 aliphatic carbocycles. The number of amidine groups is 1. The predicted molar refractivity (Wildman–Crippen MR) is 110 cm³/mol. The van der Waals surface area contributed by atoms with Crippen LogP contribution < -0.4 is 9.64 Å². The maximum Gasteiger partial charge on any atom is 0.316 e. The summed E-state index contributed by atoms with van der Waals surface area (Å²) in [6.07, 6.45) is 1.72. The molecule has 1 aliphatic rings. The van der Waals surface area contributed by atoms with Crippen LogP contribution in [0.5, 0.6) is 5.75 Å². The summed E-state index contributed by atoms with van der Waals surface area (Å²) in [6.45, 7) is 0. The minimum atomic E-state index is -0.404. The Morgan fingerprint density at radius 2 is 2.19 bits per heavy atom. The number of hydrogen-bond donors (Lipinski definition) is 0. The molecule has 3 rings (SSSR count). The van der Waals surface area contributed by atoms with E-state index in [1.807, 2.05) is 17.5 Å². The summed E-state index contributed by atoms with van der Waals surface area (Å²) in [4.78, 5) is 31.2. The number of amides is 1. The topological polar surface area (TPSA) is 68.2 Å². The lowest BCUT2D eigenvalue weighted by molar-refractivity contribution is -0.137. The molecule has 0 fully saturated rings. The fraction of sp³-hybridized carbons (Fsp3) is 0.167. The first-order valence-electron chi connectivity index (χ1n) is 7.75. The van der Waals surface area contributed by atoms with Crippen molar-refractivity contribution in [1.82, 2.24) is 0 Å². The van der Waals surface area contributed by atoms with Crippen LogP contribution in [-0.4, -0.2) is 37.0 Å². The van der Waals surface area contributed by atoms with E-state index in [2.05, 4.69) is 9.73 Å². The first kappa shape index (κ1) is 19.5. The van der Waals surface area contributed by atoms with Gasteiger partial charge in [-0.3, -0.25) is 14.5 Å². The first-order valence-corrected chi connectivity index (χ1v) is 9.99. The molecule has 9 heteroatoms. The van der Waals surface area contributed by atoms with Crippen molar-refractivity contribution in [2.45, 2.75) is 0 Å². The van der Waals surface area contributed by atoms with Crippen LogP contribution in [0.2, 0.25) is 5.02 Å². The molecular formula is C18H15ClN2O4S2. The first-order chi connectivity index (χ1) is 13.0. The van der Waals surface area contributed by atoms with Gasteiger partial charge in [-0.2, -0.15) is 0 Å². The molecular weight excluding hydrogens is 408 g/mol. The minimum Gasteiger partial charge on any atom is -0.495 e. The molecule has 0 saturated heterocycles. The van der Waals surface area contributed by atoms with Gasteiger partial charge in [-0.05, 0) is 35.7 Å². The molecule has 1 aromatic heterocycles. The van der Waals surface area contributed by atoms with Gasteiger partial charge < -0.3 is 9.47 Å². The van der Waals surface area contributed by atoms with Gasteiger partial charge in [0, 0.05) is 4.88 Å². The average Bonchev–Trinajstić information content (AvgIpc) is 3.28. The largest absolute Gasteiger partial charge is 0.495 e. The van der Waals surface area contributed by atoms with Crippen molar-refractivity contribution < 1.29 is 19.1 Å². The van der Waals surface area contributed by atoms with E-state index < -0.39 is 5.97 Å². The van der Waals surface area contributed by atoms with Gasteiger partial charge in [0.05, 0.1) is 30.7 Å². The molecule has 1 aliphatic heterocycles. The van der Waals surface area contributed by atoms with Gasteiger partial charge in [-0.1, -0.05) is 29.4 Å². The van der Waals surface area contributed by atoms with Crippen molar-refractivity contribution in [1.29, 1.82) is 0 Å². The third-order valence-corrected chi connectivity index (χ3v) is 5.62. The molecule has 0 N–H and O–H groups in total. The lowest BCUT2D eigenvalue weighted by Crippen LogP contribution is -2.30. The molecule has 2 heterocycles. The number of thiophene rings is 1. The molecule has 0 saturated carbocycles. The van der Waals surface area contributed by atoms with E-state index in [4.69, 9.17) is 16.3 Å². The number of ether oxygens (including phenoxy) is 2. The average molecular weight is 423 g/mol. The second-order valence-electron chi connectivity index (χ2n) is 5.26. The SMILES string of the molecule is COC(=O)CSC1=N/C(=C\c2cccs2)C(=O)N1c1ccc(OC)c(Cl)c1. The lowest BCUT2D eigenvalue weighted by Gasteiger charge is -2.18. The Hall–Kier alpha value is -2.29. The zero-order valence-electron chi connectivity index (χ0n) is 14.5. The van der Waals surface area contributed by atoms with Gasteiger partial charge >= 0.3 is 5.97 Å². The number of rotatable bonds is 5. The maximum atomic E-state index is 13.0. The molecule has 27 heavy (non-hydrogen) atoms. The third-order valence-electron chi connectivity index (χ3n) is 3.59. The van der Waals surface area contributed by atoms with E-state index in [1.165, 1.54) is 30.5 Å². The van der Waals surface area contributed by atoms with Crippen molar-refractivity contribution in [2.75, 3.05) is 24.9 Å². The normalized spacial score (nSPS) is 15.2. The van der Waals surface area contributed by atoms with Gasteiger partial charge in [0.25, 0.3) is 5.91 Å². The molecule has 0 unspecified atom stereocenters. The third kappa shape index (κ3) is 4.35. The highest BCUT2D eigenvalue weighted by atomic mass is 35.5. The molecule has 1 aromatic carbocycles. The van der Waals surface area contributed by atoms with Crippen LogP contribution in [0.15, 0.2) is 46.4 Å².